The largest absolute Gasteiger partial charge is 0.495 e. The maximum Gasteiger partial charge on any atom is 0.190 e. The van der Waals surface area contributed by atoms with Gasteiger partial charge in [0.1, 0.15) is 17.2 Å². The lowest BCUT2D eigenvalue weighted by molar-refractivity contribution is 0.404. The predicted octanol–water partition coefficient (Wildman–Crippen LogP) is 5.79. The maximum absolute atomic E-state index is 6.18. The van der Waals surface area contributed by atoms with Crippen LogP contribution >= 0.6 is 34.5 Å². The van der Waals surface area contributed by atoms with Gasteiger partial charge in [0.05, 0.1) is 24.9 Å². The number of methoxy groups -OCH3 is 2. The number of hydrogen-bond acceptors (Lipinski definition) is 4. The molecule has 136 valence electrons. The molecule has 3 aromatic rings. The first-order valence-electron chi connectivity index (χ1n) is 7.98. The average molecular weight is 409 g/mol. The second-order valence-electron chi connectivity index (χ2n) is 5.43. The van der Waals surface area contributed by atoms with Crippen LogP contribution in [0.25, 0.3) is 11.3 Å². The van der Waals surface area contributed by atoms with E-state index in [9.17, 15) is 0 Å². The molecule has 7 heteroatoms. The van der Waals surface area contributed by atoms with Crippen LogP contribution < -0.4 is 14.3 Å². The lowest BCUT2D eigenvalue weighted by Crippen LogP contribution is -2.14. The number of rotatable bonds is 5. The van der Waals surface area contributed by atoms with Gasteiger partial charge in [0, 0.05) is 29.1 Å². The summed E-state index contributed by atoms with van der Waals surface area (Å²) in [6.07, 6.45) is 0. The third-order valence-electron chi connectivity index (χ3n) is 3.92. The van der Waals surface area contributed by atoms with E-state index in [1.165, 1.54) is 0 Å². The molecule has 0 aliphatic rings. The van der Waals surface area contributed by atoms with E-state index < -0.39 is 0 Å². The van der Waals surface area contributed by atoms with Gasteiger partial charge in [-0.15, -0.1) is 11.3 Å². The molecule has 0 saturated carbocycles. The Labute approximate surface area is 166 Å². The first kappa shape index (κ1) is 18.8. The fraction of sp³-hybridized carbons (Fsp3) is 0.211. The van der Waals surface area contributed by atoms with Crippen molar-refractivity contribution in [3.63, 3.8) is 0 Å². The number of benzene rings is 2. The average Bonchev–Trinajstić information content (AvgIpc) is 3.05. The van der Waals surface area contributed by atoms with Crippen LogP contribution in [-0.4, -0.2) is 18.8 Å². The van der Waals surface area contributed by atoms with Gasteiger partial charge in [-0.25, -0.2) is 4.99 Å². The molecule has 0 aliphatic heterocycles. The highest BCUT2D eigenvalue weighted by molar-refractivity contribution is 7.07. The molecule has 2 aromatic carbocycles. The van der Waals surface area contributed by atoms with E-state index in [1.807, 2.05) is 24.3 Å². The van der Waals surface area contributed by atoms with Crippen LogP contribution in [0.15, 0.2) is 46.8 Å². The lowest BCUT2D eigenvalue weighted by atomic mass is 10.2. The number of hydrogen-bond donors (Lipinski definition) is 0. The molecule has 0 N–H and O–H groups in total. The van der Waals surface area contributed by atoms with Crippen molar-refractivity contribution in [1.29, 1.82) is 0 Å². The van der Waals surface area contributed by atoms with Crippen LogP contribution in [0.3, 0.4) is 0 Å². The Bertz CT molecular complexity index is 978. The van der Waals surface area contributed by atoms with Gasteiger partial charge in [0.2, 0.25) is 0 Å². The third kappa shape index (κ3) is 3.75. The Morgan fingerprint density at radius 2 is 1.73 bits per heavy atom. The smallest absolute Gasteiger partial charge is 0.190 e. The summed E-state index contributed by atoms with van der Waals surface area (Å²) in [6, 6.07) is 11.3. The predicted molar refractivity (Wildman–Crippen MR) is 108 cm³/mol. The summed E-state index contributed by atoms with van der Waals surface area (Å²) in [5.41, 5.74) is 2.85. The Morgan fingerprint density at radius 1 is 1.04 bits per heavy atom. The van der Waals surface area contributed by atoms with Crippen molar-refractivity contribution in [1.82, 2.24) is 4.57 Å². The zero-order valence-corrected chi connectivity index (χ0v) is 17.0. The maximum atomic E-state index is 6.18. The first-order chi connectivity index (χ1) is 12.6. The topological polar surface area (TPSA) is 35.8 Å². The molecule has 0 radical (unpaired) electrons. The van der Waals surface area contributed by atoms with Crippen LogP contribution in [0.2, 0.25) is 10.0 Å². The fourth-order valence-electron chi connectivity index (χ4n) is 2.61. The van der Waals surface area contributed by atoms with E-state index in [1.54, 1.807) is 37.7 Å². The highest BCUT2D eigenvalue weighted by Gasteiger charge is 2.11. The number of nitrogens with zero attached hydrogens (tertiary/aromatic N) is 2. The molecule has 1 heterocycles. The number of thiazole rings is 1. The normalized spacial score (nSPS) is 11.7. The molecule has 4 nitrogen and oxygen atoms in total. The molecule has 1 aromatic heterocycles. The van der Waals surface area contributed by atoms with Gasteiger partial charge in [0.25, 0.3) is 0 Å². The monoisotopic (exact) mass is 408 g/mol. The van der Waals surface area contributed by atoms with Crippen molar-refractivity contribution in [2.45, 2.75) is 13.5 Å². The summed E-state index contributed by atoms with van der Waals surface area (Å²) in [5.74, 6) is 1.16. The summed E-state index contributed by atoms with van der Waals surface area (Å²) < 4.78 is 12.9. The van der Waals surface area contributed by atoms with Crippen molar-refractivity contribution < 1.29 is 9.47 Å². The molecule has 3 rings (SSSR count). The highest BCUT2D eigenvalue weighted by Crippen LogP contribution is 2.37. The van der Waals surface area contributed by atoms with E-state index in [0.29, 0.717) is 22.2 Å². The lowest BCUT2D eigenvalue weighted by Gasteiger charge is -2.09. The van der Waals surface area contributed by atoms with Crippen LogP contribution in [0, 0.1) is 0 Å². The van der Waals surface area contributed by atoms with Crippen molar-refractivity contribution in [2.24, 2.45) is 4.99 Å². The van der Waals surface area contributed by atoms with E-state index in [4.69, 9.17) is 37.7 Å². The molecule has 0 fully saturated rings. The quantitative estimate of drug-likeness (QED) is 0.535. The minimum absolute atomic E-state index is 0.486. The van der Waals surface area contributed by atoms with Crippen molar-refractivity contribution in [2.75, 3.05) is 14.2 Å². The number of ether oxygens (including phenoxy) is 2. The zero-order valence-electron chi connectivity index (χ0n) is 14.6. The van der Waals surface area contributed by atoms with Crippen LogP contribution in [0.1, 0.15) is 6.92 Å². The van der Waals surface area contributed by atoms with Gasteiger partial charge in [-0.3, -0.25) is 0 Å². The Balaban J connectivity index is 2.14. The molecule has 0 bridgehead atoms. The van der Waals surface area contributed by atoms with Gasteiger partial charge in [-0.2, -0.15) is 0 Å². The molecular formula is C19H18Cl2N2O2S. The summed E-state index contributed by atoms with van der Waals surface area (Å²) in [4.78, 5) is 5.65. The minimum atomic E-state index is 0.486. The second kappa shape index (κ2) is 8.16. The van der Waals surface area contributed by atoms with E-state index in [-0.39, 0.29) is 0 Å². The van der Waals surface area contributed by atoms with Crippen LogP contribution in [-0.2, 0) is 6.54 Å². The molecule has 0 unspecified atom stereocenters. The van der Waals surface area contributed by atoms with E-state index in [0.717, 1.165) is 27.6 Å². The Morgan fingerprint density at radius 3 is 2.35 bits per heavy atom. The second-order valence-corrected chi connectivity index (χ2v) is 7.11. The van der Waals surface area contributed by atoms with Crippen LogP contribution in [0.4, 0.5) is 5.69 Å². The Hall–Kier alpha value is -1.95. The van der Waals surface area contributed by atoms with Crippen molar-refractivity contribution in [3.05, 3.63) is 56.6 Å². The molecule has 0 saturated heterocycles. The van der Waals surface area contributed by atoms with Gasteiger partial charge >= 0.3 is 0 Å². The van der Waals surface area contributed by atoms with Crippen molar-refractivity contribution in [3.8, 4) is 22.8 Å². The molecule has 0 atom stereocenters. The van der Waals surface area contributed by atoms with Gasteiger partial charge in [-0.1, -0.05) is 35.3 Å². The van der Waals surface area contributed by atoms with Gasteiger partial charge < -0.3 is 14.0 Å². The van der Waals surface area contributed by atoms with E-state index in [2.05, 4.69) is 16.9 Å². The summed E-state index contributed by atoms with van der Waals surface area (Å²) in [7, 11) is 3.17. The fourth-order valence-corrected chi connectivity index (χ4v) is 3.95. The SMILES string of the molecule is CCn1c(-c2ccc(Cl)cc2)csc1=Nc1cc(OC)c(Cl)cc1OC. The molecule has 26 heavy (non-hydrogen) atoms. The summed E-state index contributed by atoms with van der Waals surface area (Å²) in [6.45, 7) is 2.87. The number of halogens is 2. The van der Waals surface area contributed by atoms with Gasteiger partial charge in [-0.05, 0) is 24.6 Å². The minimum Gasteiger partial charge on any atom is -0.495 e. The van der Waals surface area contributed by atoms with Gasteiger partial charge in [0.15, 0.2) is 4.80 Å². The zero-order chi connectivity index (χ0) is 18.7. The summed E-state index contributed by atoms with van der Waals surface area (Å²) >= 11 is 13.7. The third-order valence-corrected chi connectivity index (χ3v) is 5.33. The number of aromatic nitrogens is 1. The van der Waals surface area contributed by atoms with Crippen LogP contribution in [0.5, 0.6) is 11.5 Å². The molecule has 0 spiro atoms. The Kier molecular flexibility index (Phi) is 5.91. The highest BCUT2D eigenvalue weighted by atomic mass is 35.5. The van der Waals surface area contributed by atoms with Crippen molar-refractivity contribution >= 4 is 40.2 Å². The van der Waals surface area contributed by atoms with E-state index >= 15 is 0 Å². The standard InChI is InChI=1S/C19H18Cl2N2O2S/c1-4-23-16(12-5-7-13(20)8-6-12)11-26-19(23)22-15-10-17(24-2)14(21)9-18(15)25-3/h5-11H,4H2,1-3H3. The molecule has 0 aliphatic carbocycles. The molecule has 0 amide bonds. The summed E-state index contributed by atoms with van der Waals surface area (Å²) in [5, 5.41) is 3.29. The molecular weight excluding hydrogens is 391 g/mol. The first-order valence-corrected chi connectivity index (χ1v) is 9.61.